The number of hydrogen-bond donors (Lipinski definition) is 3. The maximum atomic E-state index is 3.03. The molecule has 1 atom stereocenters. The van der Waals surface area contributed by atoms with Gasteiger partial charge in [0.2, 0.25) is 0 Å². The average molecular weight is 164 g/mol. The number of rotatable bonds is 1. The highest BCUT2D eigenvalue weighted by molar-refractivity contribution is 5.45. The van der Waals surface area contributed by atoms with Gasteiger partial charge in [-0.1, -0.05) is 18.2 Å². The van der Waals surface area contributed by atoms with E-state index in [0.29, 0.717) is 0 Å². The molecule has 1 heterocycles. The molecule has 0 radical (unpaired) electrons. The van der Waals surface area contributed by atoms with Crippen molar-refractivity contribution in [3.8, 4) is 0 Å². The molecule has 1 aliphatic rings. The van der Waals surface area contributed by atoms with Crippen LogP contribution in [0, 0.1) is 0 Å². The molecule has 2 rings (SSSR count). The zero-order valence-corrected chi connectivity index (χ0v) is 6.91. The highest BCUT2D eigenvalue weighted by Gasteiger charge is 2.18. The van der Waals surface area contributed by atoms with Gasteiger partial charge in [0.25, 0.3) is 0 Å². The Morgan fingerprint density at radius 2 is 2.00 bits per heavy atom. The van der Waals surface area contributed by atoms with Crippen LogP contribution in [0.2, 0.25) is 0 Å². The lowest BCUT2D eigenvalue weighted by molar-refractivity contribution is 0.561. The maximum absolute atomic E-state index is 3.03. The third-order valence-corrected chi connectivity index (χ3v) is 1.88. The van der Waals surface area contributed by atoms with Gasteiger partial charge in [-0.3, -0.25) is 5.01 Å². The first-order chi connectivity index (χ1) is 5.88. The number of hydrazine groups is 3. The molecule has 12 heavy (non-hydrogen) atoms. The predicted octanol–water partition coefficient (Wildman–Crippen LogP) is 0.366. The SMILES string of the molecule is CC1NNNN1c1ccccc1. The molecule has 1 fully saturated rings. The molecule has 1 unspecified atom stereocenters. The van der Waals surface area contributed by atoms with Gasteiger partial charge in [0.1, 0.15) is 6.17 Å². The molecule has 0 aliphatic carbocycles. The summed E-state index contributed by atoms with van der Waals surface area (Å²) >= 11 is 0. The minimum absolute atomic E-state index is 0.257. The Kier molecular flexibility index (Phi) is 1.95. The molecule has 1 aromatic rings. The Morgan fingerprint density at radius 3 is 2.58 bits per heavy atom. The van der Waals surface area contributed by atoms with Gasteiger partial charge in [0, 0.05) is 0 Å². The molecule has 0 amide bonds. The van der Waals surface area contributed by atoms with Crippen molar-refractivity contribution in [1.29, 1.82) is 0 Å². The van der Waals surface area contributed by atoms with Crippen molar-refractivity contribution < 1.29 is 0 Å². The molecule has 1 aliphatic heterocycles. The Balaban J connectivity index is 2.19. The summed E-state index contributed by atoms with van der Waals surface area (Å²) in [6.45, 7) is 2.07. The number of nitrogens with zero attached hydrogens (tertiary/aromatic N) is 1. The van der Waals surface area contributed by atoms with E-state index in [9.17, 15) is 0 Å². The summed E-state index contributed by atoms with van der Waals surface area (Å²) in [5.74, 6) is 0. The van der Waals surface area contributed by atoms with Gasteiger partial charge in [-0.25, -0.2) is 5.43 Å². The van der Waals surface area contributed by atoms with Gasteiger partial charge in [0.15, 0.2) is 0 Å². The second kappa shape index (κ2) is 3.10. The van der Waals surface area contributed by atoms with E-state index >= 15 is 0 Å². The van der Waals surface area contributed by atoms with Crippen LogP contribution in [0.5, 0.6) is 0 Å². The van der Waals surface area contributed by atoms with E-state index in [4.69, 9.17) is 0 Å². The molecule has 64 valence electrons. The van der Waals surface area contributed by atoms with E-state index in [-0.39, 0.29) is 6.17 Å². The molecule has 0 spiro atoms. The fraction of sp³-hybridized carbons (Fsp3) is 0.250. The van der Waals surface area contributed by atoms with Crippen molar-refractivity contribution >= 4 is 5.69 Å². The summed E-state index contributed by atoms with van der Waals surface area (Å²) in [5, 5.41) is 2.01. The highest BCUT2D eigenvalue weighted by atomic mass is 15.9. The van der Waals surface area contributed by atoms with Crippen LogP contribution in [0.4, 0.5) is 5.69 Å². The normalized spacial score (nSPS) is 23.1. The third-order valence-electron chi connectivity index (χ3n) is 1.88. The summed E-state index contributed by atoms with van der Waals surface area (Å²) in [6.07, 6.45) is 0.257. The Bertz CT molecular complexity index is 248. The van der Waals surface area contributed by atoms with E-state index < -0.39 is 0 Å². The molecule has 0 aromatic heterocycles. The van der Waals surface area contributed by atoms with Crippen molar-refractivity contribution in [1.82, 2.24) is 16.5 Å². The van der Waals surface area contributed by atoms with Gasteiger partial charge >= 0.3 is 0 Å². The van der Waals surface area contributed by atoms with Crippen LogP contribution < -0.4 is 21.5 Å². The van der Waals surface area contributed by atoms with E-state index in [1.807, 2.05) is 23.2 Å². The Morgan fingerprint density at radius 1 is 1.25 bits per heavy atom. The van der Waals surface area contributed by atoms with Crippen molar-refractivity contribution in [2.45, 2.75) is 13.1 Å². The first-order valence-electron chi connectivity index (χ1n) is 3.98. The van der Waals surface area contributed by atoms with Crippen LogP contribution in [0.25, 0.3) is 0 Å². The van der Waals surface area contributed by atoms with Crippen LogP contribution in [-0.4, -0.2) is 6.17 Å². The van der Waals surface area contributed by atoms with Crippen molar-refractivity contribution in [2.24, 2.45) is 0 Å². The molecule has 4 heteroatoms. The van der Waals surface area contributed by atoms with Gasteiger partial charge in [-0.15, -0.1) is 0 Å². The Hall–Kier alpha value is -1.10. The monoisotopic (exact) mass is 164 g/mol. The fourth-order valence-electron chi connectivity index (χ4n) is 1.24. The van der Waals surface area contributed by atoms with Crippen molar-refractivity contribution in [3.05, 3.63) is 30.3 Å². The predicted molar refractivity (Wildman–Crippen MR) is 47.8 cm³/mol. The highest BCUT2D eigenvalue weighted by Crippen LogP contribution is 2.13. The number of hydrogen-bond acceptors (Lipinski definition) is 4. The van der Waals surface area contributed by atoms with Crippen molar-refractivity contribution in [2.75, 3.05) is 5.01 Å². The standard InChI is InChI=1S/C8H12N4/c1-7-9-10-11-12(7)8-5-3-2-4-6-8/h2-7,9-11H,1H3. The van der Waals surface area contributed by atoms with Crippen LogP contribution in [0.1, 0.15) is 6.92 Å². The number of anilines is 1. The summed E-state index contributed by atoms with van der Waals surface area (Å²) in [4.78, 5) is 0. The fourth-order valence-corrected chi connectivity index (χ4v) is 1.24. The van der Waals surface area contributed by atoms with Crippen LogP contribution in [0.3, 0.4) is 0 Å². The largest absolute Gasteiger partial charge is 0.276 e. The first kappa shape index (κ1) is 7.54. The summed E-state index contributed by atoms with van der Waals surface area (Å²) in [5.41, 5.74) is 10.0. The lowest BCUT2D eigenvalue weighted by Gasteiger charge is -2.20. The second-order valence-corrected chi connectivity index (χ2v) is 2.76. The lowest BCUT2D eigenvalue weighted by atomic mass is 10.3. The van der Waals surface area contributed by atoms with E-state index in [0.717, 1.165) is 5.69 Å². The van der Waals surface area contributed by atoms with Crippen molar-refractivity contribution in [3.63, 3.8) is 0 Å². The van der Waals surface area contributed by atoms with Gasteiger partial charge in [0.05, 0.1) is 5.69 Å². The number of nitrogens with one attached hydrogen (secondary N) is 3. The molecule has 3 N–H and O–H groups in total. The maximum Gasteiger partial charge on any atom is 0.107 e. The number of para-hydroxylation sites is 1. The Labute approximate surface area is 71.5 Å². The molecule has 1 saturated heterocycles. The second-order valence-electron chi connectivity index (χ2n) is 2.76. The molecule has 0 bridgehead atoms. The lowest BCUT2D eigenvalue weighted by Crippen LogP contribution is -2.38. The third kappa shape index (κ3) is 1.27. The molecule has 4 nitrogen and oxygen atoms in total. The summed E-state index contributed by atoms with van der Waals surface area (Å²) in [7, 11) is 0. The molecular formula is C8H12N4. The van der Waals surface area contributed by atoms with Crippen LogP contribution in [0.15, 0.2) is 30.3 Å². The quantitative estimate of drug-likeness (QED) is 0.560. The van der Waals surface area contributed by atoms with E-state index in [1.54, 1.807) is 0 Å². The van der Waals surface area contributed by atoms with E-state index in [2.05, 4.69) is 35.6 Å². The minimum Gasteiger partial charge on any atom is -0.276 e. The number of benzene rings is 1. The van der Waals surface area contributed by atoms with Gasteiger partial charge in [-0.05, 0) is 19.1 Å². The van der Waals surface area contributed by atoms with Gasteiger partial charge < -0.3 is 0 Å². The van der Waals surface area contributed by atoms with Gasteiger partial charge in [-0.2, -0.15) is 11.1 Å². The first-order valence-corrected chi connectivity index (χ1v) is 3.98. The smallest absolute Gasteiger partial charge is 0.107 e. The van der Waals surface area contributed by atoms with Crippen LogP contribution >= 0.6 is 0 Å². The topological polar surface area (TPSA) is 39.3 Å². The average Bonchev–Trinajstić information content (AvgIpc) is 2.53. The summed E-state index contributed by atoms with van der Waals surface area (Å²) in [6, 6.07) is 10.1. The van der Waals surface area contributed by atoms with E-state index in [1.165, 1.54) is 0 Å². The zero-order valence-electron chi connectivity index (χ0n) is 6.91. The van der Waals surface area contributed by atoms with Crippen LogP contribution in [-0.2, 0) is 0 Å². The summed E-state index contributed by atoms with van der Waals surface area (Å²) < 4.78 is 0. The molecular weight excluding hydrogens is 152 g/mol. The molecule has 1 aromatic carbocycles. The zero-order chi connectivity index (χ0) is 8.39. The molecule has 0 saturated carbocycles. The minimum atomic E-state index is 0.257.